The number of imidazole rings is 1. The van der Waals surface area contributed by atoms with Crippen LogP contribution in [0.15, 0.2) is 72.1 Å². The molecule has 1 fully saturated rings. The minimum atomic E-state index is -3.48. The van der Waals surface area contributed by atoms with E-state index in [1.165, 1.54) is 0 Å². The number of piperidine rings is 1. The molecule has 2 aromatic carbocycles. The van der Waals surface area contributed by atoms with E-state index < -0.39 is 16.1 Å². The van der Waals surface area contributed by atoms with E-state index >= 15 is 0 Å². The van der Waals surface area contributed by atoms with Gasteiger partial charge in [-0.25, -0.2) is 13.4 Å². The van der Waals surface area contributed by atoms with Gasteiger partial charge in [-0.3, -0.25) is 10.1 Å². The molecule has 1 aliphatic rings. The Morgan fingerprint density at radius 3 is 2.26 bits per heavy atom. The van der Waals surface area contributed by atoms with Crippen LogP contribution >= 0.6 is 0 Å². The number of nitrogens with zero attached hydrogens (tertiary/aromatic N) is 3. The number of rotatable bonds is 8. The van der Waals surface area contributed by atoms with Crippen LogP contribution < -0.4 is 10.6 Å². The predicted octanol–water partition coefficient (Wildman–Crippen LogP) is 3.72. The van der Waals surface area contributed by atoms with Crippen molar-refractivity contribution in [3.63, 3.8) is 0 Å². The van der Waals surface area contributed by atoms with Crippen molar-refractivity contribution < 1.29 is 13.2 Å². The number of anilines is 1. The van der Waals surface area contributed by atoms with Crippen molar-refractivity contribution in [2.24, 2.45) is 0 Å². The normalized spacial score (nSPS) is 16.6. The molecule has 0 spiro atoms. The maximum absolute atomic E-state index is 12.8. The summed E-state index contributed by atoms with van der Waals surface area (Å²) in [7, 11) is -3.48. The molecule has 0 saturated carbocycles. The molecule has 2 atom stereocenters. The molecule has 4 rings (SSSR count). The molecule has 3 aromatic rings. The highest BCUT2D eigenvalue weighted by atomic mass is 32.2. The van der Waals surface area contributed by atoms with Crippen molar-refractivity contribution in [2.75, 3.05) is 18.4 Å². The summed E-state index contributed by atoms with van der Waals surface area (Å²) in [5.74, 6) is -0.187. The Morgan fingerprint density at radius 2 is 1.65 bits per heavy atom. The van der Waals surface area contributed by atoms with Crippen molar-refractivity contribution in [3.8, 4) is 5.69 Å². The first kappa shape index (κ1) is 24.1. The zero-order valence-corrected chi connectivity index (χ0v) is 20.3. The first-order valence-electron chi connectivity index (χ1n) is 11.6. The average Bonchev–Trinajstić information content (AvgIpc) is 3.40. The van der Waals surface area contributed by atoms with Gasteiger partial charge in [0.15, 0.2) is 0 Å². The molecule has 1 aromatic heterocycles. The summed E-state index contributed by atoms with van der Waals surface area (Å²) in [6.45, 7) is 4.94. The fourth-order valence-corrected chi connectivity index (χ4v) is 5.63. The lowest BCUT2D eigenvalue weighted by Gasteiger charge is -2.26. The SMILES string of the molecule is C[C@H](N[C@H](C)C(=O)Nc1ccc(S(=O)(=O)N2CCCCC2)cc1)c1ccc(-n2ccnc2)cc1. The van der Waals surface area contributed by atoms with Crippen molar-refractivity contribution in [3.05, 3.63) is 72.8 Å². The van der Waals surface area contributed by atoms with Gasteiger partial charge < -0.3 is 9.88 Å². The lowest BCUT2D eigenvalue weighted by molar-refractivity contribution is -0.117. The third-order valence-electron chi connectivity index (χ3n) is 6.16. The Labute approximate surface area is 201 Å². The number of carbonyl (C=O) groups excluding carboxylic acids is 1. The third-order valence-corrected chi connectivity index (χ3v) is 8.08. The monoisotopic (exact) mass is 481 g/mol. The molecule has 0 unspecified atom stereocenters. The lowest BCUT2D eigenvalue weighted by atomic mass is 10.1. The van der Waals surface area contributed by atoms with Crippen molar-refractivity contribution in [1.82, 2.24) is 19.2 Å². The fourth-order valence-electron chi connectivity index (χ4n) is 4.11. The molecule has 34 heavy (non-hydrogen) atoms. The molecule has 1 saturated heterocycles. The minimum Gasteiger partial charge on any atom is -0.325 e. The van der Waals surface area contributed by atoms with Crippen LogP contribution in [-0.2, 0) is 14.8 Å². The molecule has 8 nitrogen and oxygen atoms in total. The first-order chi connectivity index (χ1) is 16.3. The van der Waals surface area contributed by atoms with Crippen LogP contribution in [0.3, 0.4) is 0 Å². The van der Waals surface area contributed by atoms with E-state index in [1.807, 2.05) is 42.0 Å². The van der Waals surface area contributed by atoms with Gasteiger partial charge in [0.25, 0.3) is 0 Å². The van der Waals surface area contributed by atoms with Crippen molar-refractivity contribution in [1.29, 1.82) is 0 Å². The molecule has 0 aliphatic carbocycles. The standard InChI is InChI=1S/C25H31N5O3S/c1-19(21-6-10-23(11-7-21)29-17-14-26-18-29)27-20(2)25(31)28-22-8-12-24(13-9-22)34(32,33)30-15-4-3-5-16-30/h6-14,17-20,27H,3-5,15-16H2,1-2H3,(H,28,31)/t19-,20+/m0/s1. The smallest absolute Gasteiger partial charge is 0.243 e. The molecule has 0 bridgehead atoms. The van der Waals surface area contributed by atoms with E-state index in [2.05, 4.69) is 15.6 Å². The topological polar surface area (TPSA) is 96.3 Å². The highest BCUT2D eigenvalue weighted by molar-refractivity contribution is 7.89. The number of benzene rings is 2. The highest BCUT2D eigenvalue weighted by Gasteiger charge is 2.26. The van der Waals surface area contributed by atoms with Crippen LogP contribution in [0.4, 0.5) is 5.69 Å². The second-order valence-electron chi connectivity index (χ2n) is 8.65. The molecular weight excluding hydrogens is 450 g/mol. The van der Waals surface area contributed by atoms with E-state index in [4.69, 9.17) is 0 Å². The molecular formula is C25H31N5O3S. The number of carbonyl (C=O) groups is 1. The van der Waals surface area contributed by atoms with Crippen molar-refractivity contribution >= 4 is 21.6 Å². The van der Waals surface area contributed by atoms with E-state index in [0.717, 1.165) is 30.5 Å². The number of hydrogen-bond acceptors (Lipinski definition) is 5. The summed E-state index contributed by atoms with van der Waals surface area (Å²) in [5.41, 5.74) is 2.65. The zero-order valence-electron chi connectivity index (χ0n) is 19.5. The number of nitrogens with one attached hydrogen (secondary N) is 2. The van der Waals surface area contributed by atoms with Gasteiger partial charge >= 0.3 is 0 Å². The summed E-state index contributed by atoms with van der Waals surface area (Å²) in [6, 6.07) is 14.0. The molecule has 0 radical (unpaired) electrons. The third kappa shape index (κ3) is 5.55. The number of aromatic nitrogens is 2. The van der Waals surface area contributed by atoms with Crippen LogP contribution in [0, 0.1) is 0 Å². The summed E-state index contributed by atoms with van der Waals surface area (Å²) in [4.78, 5) is 17.0. The number of amides is 1. The zero-order chi connectivity index (χ0) is 24.1. The molecule has 2 N–H and O–H groups in total. The second kappa shape index (κ2) is 10.5. The molecule has 1 aliphatic heterocycles. The molecule has 1 amide bonds. The maximum atomic E-state index is 12.8. The highest BCUT2D eigenvalue weighted by Crippen LogP contribution is 2.22. The van der Waals surface area contributed by atoms with Crippen LogP contribution in [0.25, 0.3) is 5.69 Å². The fraction of sp³-hybridized carbons (Fsp3) is 0.360. The van der Waals surface area contributed by atoms with Crippen LogP contribution in [0.5, 0.6) is 0 Å². The van der Waals surface area contributed by atoms with E-state index in [-0.39, 0.29) is 16.8 Å². The summed E-state index contributed by atoms with van der Waals surface area (Å²) >= 11 is 0. The van der Waals surface area contributed by atoms with Crippen LogP contribution in [0.1, 0.15) is 44.7 Å². The van der Waals surface area contributed by atoms with E-state index in [9.17, 15) is 13.2 Å². The average molecular weight is 482 g/mol. The molecule has 2 heterocycles. The van der Waals surface area contributed by atoms with Gasteiger partial charge in [-0.2, -0.15) is 4.31 Å². The Hall–Kier alpha value is -3.01. The summed E-state index contributed by atoms with van der Waals surface area (Å²) in [5, 5.41) is 6.18. The summed E-state index contributed by atoms with van der Waals surface area (Å²) in [6.07, 6.45) is 8.23. The van der Waals surface area contributed by atoms with Crippen LogP contribution in [0.2, 0.25) is 0 Å². The van der Waals surface area contributed by atoms with E-state index in [1.54, 1.807) is 48.0 Å². The largest absolute Gasteiger partial charge is 0.325 e. The maximum Gasteiger partial charge on any atom is 0.243 e. The Morgan fingerprint density at radius 1 is 0.971 bits per heavy atom. The van der Waals surface area contributed by atoms with Gasteiger partial charge in [-0.05, 0) is 68.7 Å². The van der Waals surface area contributed by atoms with Gasteiger partial charge in [0, 0.05) is 42.9 Å². The summed E-state index contributed by atoms with van der Waals surface area (Å²) < 4.78 is 29.1. The first-order valence-corrected chi connectivity index (χ1v) is 13.0. The quantitative estimate of drug-likeness (QED) is 0.511. The van der Waals surface area contributed by atoms with Gasteiger partial charge in [0.05, 0.1) is 17.3 Å². The number of sulfonamides is 1. The van der Waals surface area contributed by atoms with Gasteiger partial charge in [0.1, 0.15) is 0 Å². The molecule has 9 heteroatoms. The Kier molecular flexibility index (Phi) is 7.45. The number of hydrogen-bond donors (Lipinski definition) is 2. The van der Waals surface area contributed by atoms with Gasteiger partial charge in [-0.15, -0.1) is 0 Å². The Bertz CT molecular complexity index is 1190. The minimum absolute atomic E-state index is 0.0327. The molecule has 180 valence electrons. The Balaban J connectivity index is 1.33. The van der Waals surface area contributed by atoms with E-state index in [0.29, 0.717) is 18.8 Å². The van der Waals surface area contributed by atoms with Gasteiger partial charge in [-0.1, -0.05) is 18.6 Å². The van der Waals surface area contributed by atoms with Gasteiger partial charge in [0.2, 0.25) is 15.9 Å². The van der Waals surface area contributed by atoms with Crippen LogP contribution in [-0.4, -0.2) is 47.3 Å². The lowest BCUT2D eigenvalue weighted by Crippen LogP contribution is -2.39. The van der Waals surface area contributed by atoms with Crippen molar-refractivity contribution in [2.45, 2.75) is 50.1 Å². The second-order valence-corrected chi connectivity index (χ2v) is 10.6. The predicted molar refractivity (Wildman–Crippen MR) is 132 cm³/mol.